The molecule has 7 heteroatoms. The van der Waals surface area contributed by atoms with E-state index >= 15 is 0 Å². The maximum absolute atomic E-state index is 13.0. The highest BCUT2D eigenvalue weighted by Gasteiger charge is 2.33. The first-order valence-corrected chi connectivity index (χ1v) is 8.92. The molecule has 0 unspecified atom stereocenters. The predicted octanol–water partition coefficient (Wildman–Crippen LogP) is 2.28. The highest BCUT2D eigenvalue weighted by Crippen LogP contribution is 2.33. The topological polar surface area (TPSA) is 56.1 Å². The number of benzene rings is 1. The van der Waals surface area contributed by atoms with Crippen molar-refractivity contribution < 1.29 is 14.3 Å². The summed E-state index contributed by atoms with van der Waals surface area (Å²) in [6.07, 6.45) is 4.18. The van der Waals surface area contributed by atoms with Gasteiger partial charge in [0.05, 0.1) is 4.91 Å². The quantitative estimate of drug-likeness (QED) is 0.832. The van der Waals surface area contributed by atoms with Gasteiger partial charge in [0.1, 0.15) is 11.6 Å². The van der Waals surface area contributed by atoms with Gasteiger partial charge in [-0.05, 0) is 42.8 Å². The van der Waals surface area contributed by atoms with E-state index in [1.165, 1.54) is 36.7 Å². The molecule has 2 fully saturated rings. The molecule has 2 heterocycles. The summed E-state index contributed by atoms with van der Waals surface area (Å²) in [6, 6.07) is 4.52. The number of hydrogen-bond acceptors (Lipinski definition) is 5. The van der Waals surface area contributed by atoms with Crippen molar-refractivity contribution in [3.63, 3.8) is 0 Å². The highest BCUT2D eigenvalue weighted by molar-refractivity contribution is 8.18. The lowest BCUT2D eigenvalue weighted by Gasteiger charge is -2.35. The van der Waals surface area contributed by atoms with Crippen molar-refractivity contribution in [2.24, 2.45) is 4.99 Å². The largest absolute Gasteiger partial charge is 0.507 e. The smallest absolute Gasteiger partial charge is 0.286 e. The zero-order valence-corrected chi connectivity index (χ0v) is 13.9. The van der Waals surface area contributed by atoms with Crippen LogP contribution in [0.25, 0.3) is 6.08 Å². The monoisotopic (exact) mass is 347 g/mol. The molecule has 1 N–H and O–H groups in total. The molecule has 3 aliphatic rings. The van der Waals surface area contributed by atoms with Crippen molar-refractivity contribution in [2.45, 2.75) is 18.9 Å². The van der Waals surface area contributed by atoms with Crippen molar-refractivity contribution in [1.82, 2.24) is 9.80 Å². The number of hydrogen-bond donors (Lipinski definition) is 1. The number of halogens is 1. The van der Waals surface area contributed by atoms with Crippen LogP contribution in [0.1, 0.15) is 18.4 Å². The Kier molecular flexibility index (Phi) is 4.05. The fourth-order valence-corrected chi connectivity index (χ4v) is 3.99. The lowest BCUT2D eigenvalue weighted by molar-refractivity contribution is -0.113. The third-order valence-electron chi connectivity index (χ3n) is 4.54. The lowest BCUT2D eigenvalue weighted by atomic mass is 10.2. The zero-order valence-electron chi connectivity index (χ0n) is 13.1. The molecule has 1 amide bonds. The van der Waals surface area contributed by atoms with E-state index in [0.29, 0.717) is 10.5 Å². The second-order valence-electron chi connectivity index (χ2n) is 6.27. The summed E-state index contributed by atoms with van der Waals surface area (Å²) in [5.74, 6) is -0.990. The molecular formula is C17H18FN3O2S. The number of nitrogens with zero attached hydrogens (tertiary/aromatic N) is 3. The Morgan fingerprint density at radius 2 is 2.00 bits per heavy atom. The van der Waals surface area contributed by atoms with Crippen LogP contribution in [-0.2, 0) is 4.79 Å². The molecule has 0 atom stereocenters. The standard InChI is InChI=1S/C17H18FN3O2S/c18-12-2-1-11(14(22)10-12)9-15-16(23)19-17(24-15)21-7-5-20(6-8-21)13-3-4-13/h1-2,9-10,13,22H,3-8H2. The minimum Gasteiger partial charge on any atom is -0.507 e. The van der Waals surface area contributed by atoms with Crippen LogP contribution >= 0.6 is 11.8 Å². The van der Waals surface area contributed by atoms with Crippen LogP contribution in [0.15, 0.2) is 28.1 Å². The highest BCUT2D eigenvalue weighted by atomic mass is 32.2. The summed E-state index contributed by atoms with van der Waals surface area (Å²) >= 11 is 1.32. The maximum atomic E-state index is 13.0. The van der Waals surface area contributed by atoms with Gasteiger partial charge in [0, 0.05) is 43.9 Å². The summed E-state index contributed by atoms with van der Waals surface area (Å²) in [7, 11) is 0. The van der Waals surface area contributed by atoms with Crippen molar-refractivity contribution in [2.75, 3.05) is 26.2 Å². The molecule has 1 aliphatic carbocycles. The van der Waals surface area contributed by atoms with Crippen molar-refractivity contribution in [3.05, 3.63) is 34.5 Å². The Morgan fingerprint density at radius 1 is 1.25 bits per heavy atom. The molecule has 0 radical (unpaired) electrons. The number of phenolic OH excluding ortho intramolecular Hbond substituents is 1. The molecule has 1 saturated carbocycles. The number of aliphatic imine (C=N–C) groups is 1. The summed E-state index contributed by atoms with van der Waals surface area (Å²) in [5, 5.41) is 10.5. The Morgan fingerprint density at radius 3 is 2.67 bits per heavy atom. The number of amides is 1. The summed E-state index contributed by atoms with van der Waals surface area (Å²) < 4.78 is 13.0. The van der Waals surface area contributed by atoms with Crippen LogP contribution in [-0.4, -0.2) is 58.2 Å². The minimum absolute atomic E-state index is 0.178. The number of piperazine rings is 1. The Bertz CT molecular complexity index is 737. The summed E-state index contributed by atoms with van der Waals surface area (Å²) in [4.78, 5) is 21.4. The molecule has 0 bridgehead atoms. The van der Waals surface area contributed by atoms with E-state index in [-0.39, 0.29) is 11.7 Å². The number of amidine groups is 1. The Hall–Kier alpha value is -1.86. The fraction of sp³-hybridized carbons (Fsp3) is 0.412. The van der Waals surface area contributed by atoms with Gasteiger partial charge in [-0.15, -0.1) is 0 Å². The number of carbonyl (C=O) groups is 1. The number of phenols is 1. The van der Waals surface area contributed by atoms with Crippen molar-refractivity contribution in [3.8, 4) is 5.75 Å². The van der Waals surface area contributed by atoms with Gasteiger partial charge < -0.3 is 10.0 Å². The molecule has 5 nitrogen and oxygen atoms in total. The van der Waals surface area contributed by atoms with Crippen LogP contribution in [0, 0.1) is 5.82 Å². The third kappa shape index (κ3) is 3.18. The second kappa shape index (κ2) is 6.22. The maximum Gasteiger partial charge on any atom is 0.286 e. The van der Waals surface area contributed by atoms with Gasteiger partial charge in [0.15, 0.2) is 5.17 Å². The van der Waals surface area contributed by atoms with Crippen molar-refractivity contribution >= 4 is 28.9 Å². The molecule has 2 aliphatic heterocycles. The predicted molar refractivity (Wildman–Crippen MR) is 92.2 cm³/mol. The van der Waals surface area contributed by atoms with Crippen LogP contribution < -0.4 is 0 Å². The first-order valence-electron chi connectivity index (χ1n) is 8.10. The number of aromatic hydroxyl groups is 1. The molecular weight excluding hydrogens is 329 g/mol. The van der Waals surface area contributed by atoms with Gasteiger partial charge in [0.25, 0.3) is 5.91 Å². The Balaban J connectivity index is 1.44. The summed E-state index contributed by atoms with van der Waals surface area (Å²) in [6.45, 7) is 3.78. The minimum atomic E-state index is -0.509. The molecule has 1 aromatic carbocycles. The Labute approximate surface area is 143 Å². The van der Waals surface area contributed by atoms with Crippen LogP contribution in [0.2, 0.25) is 0 Å². The van der Waals surface area contributed by atoms with E-state index in [0.717, 1.165) is 43.5 Å². The number of carbonyl (C=O) groups excluding carboxylic acids is 1. The zero-order chi connectivity index (χ0) is 16.7. The molecule has 1 saturated heterocycles. The van der Waals surface area contributed by atoms with E-state index in [2.05, 4.69) is 14.8 Å². The first-order chi connectivity index (χ1) is 11.6. The second-order valence-corrected chi connectivity index (χ2v) is 7.28. The van der Waals surface area contributed by atoms with E-state index in [4.69, 9.17) is 0 Å². The molecule has 1 aromatic rings. The molecule has 24 heavy (non-hydrogen) atoms. The number of rotatable bonds is 2. The average molecular weight is 347 g/mol. The lowest BCUT2D eigenvalue weighted by Crippen LogP contribution is -2.48. The molecule has 126 valence electrons. The van der Waals surface area contributed by atoms with Crippen LogP contribution in [0.3, 0.4) is 0 Å². The molecule has 4 rings (SSSR count). The van der Waals surface area contributed by atoms with Gasteiger partial charge in [-0.1, -0.05) is 0 Å². The van der Waals surface area contributed by atoms with Gasteiger partial charge >= 0.3 is 0 Å². The normalized spacial score (nSPS) is 23.9. The van der Waals surface area contributed by atoms with Gasteiger partial charge in [-0.25, -0.2) is 4.39 Å². The number of thioether (sulfide) groups is 1. The SMILES string of the molecule is O=C1N=C(N2CCN(C3CC3)CC2)SC1=Cc1ccc(F)cc1O. The molecule has 0 spiro atoms. The third-order valence-corrected chi connectivity index (χ3v) is 5.58. The fourth-order valence-electron chi connectivity index (χ4n) is 3.03. The van der Waals surface area contributed by atoms with Crippen LogP contribution in [0.5, 0.6) is 5.75 Å². The van der Waals surface area contributed by atoms with E-state index < -0.39 is 5.82 Å². The van der Waals surface area contributed by atoms with Gasteiger partial charge in [-0.3, -0.25) is 9.69 Å². The molecule has 0 aromatic heterocycles. The van der Waals surface area contributed by atoms with E-state index in [1.807, 2.05) is 0 Å². The average Bonchev–Trinajstić information content (AvgIpc) is 3.35. The van der Waals surface area contributed by atoms with E-state index in [9.17, 15) is 14.3 Å². The van der Waals surface area contributed by atoms with Gasteiger partial charge in [0.2, 0.25) is 0 Å². The van der Waals surface area contributed by atoms with Gasteiger partial charge in [-0.2, -0.15) is 4.99 Å². The van der Waals surface area contributed by atoms with E-state index in [1.54, 1.807) is 6.08 Å². The van der Waals surface area contributed by atoms with Crippen LogP contribution in [0.4, 0.5) is 4.39 Å². The summed E-state index contributed by atoms with van der Waals surface area (Å²) in [5.41, 5.74) is 0.419. The van der Waals surface area contributed by atoms with Crippen molar-refractivity contribution in [1.29, 1.82) is 0 Å². The first kappa shape index (κ1) is 15.7.